The van der Waals surface area contributed by atoms with Gasteiger partial charge >= 0.3 is 0 Å². The predicted molar refractivity (Wildman–Crippen MR) is 49.8 cm³/mol. The van der Waals surface area contributed by atoms with Gasteiger partial charge in [-0.3, -0.25) is 0 Å². The highest BCUT2D eigenvalue weighted by molar-refractivity contribution is 7.03. The third kappa shape index (κ3) is 1.29. The maximum atomic E-state index is 5.55. The summed E-state index contributed by atoms with van der Waals surface area (Å²) >= 11 is 1.35. The number of rotatable bonds is 1. The average Bonchev–Trinajstić information content (AvgIpc) is 2.58. The van der Waals surface area contributed by atoms with E-state index >= 15 is 0 Å². The Morgan fingerprint density at radius 1 is 1.17 bits per heavy atom. The lowest BCUT2D eigenvalue weighted by molar-refractivity contribution is 1.16. The van der Waals surface area contributed by atoms with Crippen LogP contribution in [-0.2, 0) is 0 Å². The van der Waals surface area contributed by atoms with Crippen molar-refractivity contribution in [3.8, 4) is 11.3 Å². The second-order valence-corrected chi connectivity index (χ2v) is 3.02. The molecule has 2 N–H and O–H groups in total. The quantitative estimate of drug-likeness (QED) is 0.675. The van der Waals surface area contributed by atoms with E-state index in [2.05, 4.69) is 9.59 Å². The van der Waals surface area contributed by atoms with Crippen molar-refractivity contribution in [1.29, 1.82) is 0 Å². The van der Waals surface area contributed by atoms with Crippen molar-refractivity contribution in [2.75, 3.05) is 5.73 Å². The molecule has 60 valence electrons. The Balaban J connectivity index is 2.43. The molecule has 0 aliphatic rings. The Morgan fingerprint density at radius 2 is 1.92 bits per heavy atom. The highest BCUT2D eigenvalue weighted by Crippen LogP contribution is 2.18. The minimum atomic E-state index is 0.766. The van der Waals surface area contributed by atoms with Gasteiger partial charge < -0.3 is 5.73 Å². The van der Waals surface area contributed by atoms with Crippen LogP contribution in [0.1, 0.15) is 0 Å². The lowest BCUT2D eigenvalue weighted by atomic mass is 10.2. The Hall–Kier alpha value is -1.42. The maximum absolute atomic E-state index is 5.55. The number of hydrogen-bond donors (Lipinski definition) is 1. The molecule has 0 saturated heterocycles. The number of nitrogen functional groups attached to an aromatic ring is 1. The Kier molecular flexibility index (Phi) is 1.75. The molecule has 1 heterocycles. The predicted octanol–water partition coefficient (Wildman–Crippen LogP) is 1.79. The van der Waals surface area contributed by atoms with Crippen molar-refractivity contribution in [3.63, 3.8) is 0 Å². The molecule has 4 heteroatoms. The van der Waals surface area contributed by atoms with Crippen molar-refractivity contribution in [2.24, 2.45) is 0 Å². The number of hydrogen-bond acceptors (Lipinski definition) is 4. The fourth-order valence-electron chi connectivity index (χ4n) is 0.944. The molecule has 2 rings (SSSR count). The summed E-state index contributed by atoms with van der Waals surface area (Å²) in [6, 6.07) is 7.58. The Morgan fingerprint density at radius 3 is 2.50 bits per heavy atom. The lowest BCUT2D eigenvalue weighted by Gasteiger charge is -1.95. The second kappa shape index (κ2) is 2.91. The SMILES string of the molecule is Nc1ccc(-c2csnn2)cc1. The Bertz CT molecular complexity index is 352. The fraction of sp³-hybridized carbons (Fsp3) is 0. The molecule has 1 aromatic carbocycles. The third-order valence-corrected chi connectivity index (χ3v) is 2.07. The number of nitrogens with zero attached hydrogens (tertiary/aromatic N) is 2. The van der Waals surface area contributed by atoms with Crippen LogP contribution in [0.2, 0.25) is 0 Å². The van der Waals surface area contributed by atoms with Gasteiger partial charge in [-0.05, 0) is 23.7 Å². The van der Waals surface area contributed by atoms with Crippen molar-refractivity contribution in [2.45, 2.75) is 0 Å². The zero-order valence-corrected chi connectivity index (χ0v) is 7.08. The summed E-state index contributed by atoms with van der Waals surface area (Å²) in [6.45, 7) is 0. The van der Waals surface area contributed by atoms with Gasteiger partial charge in [-0.25, -0.2) is 0 Å². The smallest absolute Gasteiger partial charge is 0.105 e. The van der Waals surface area contributed by atoms with Crippen LogP contribution in [-0.4, -0.2) is 9.59 Å². The first-order valence-corrected chi connectivity index (χ1v) is 4.33. The van der Waals surface area contributed by atoms with Crippen LogP contribution in [0.4, 0.5) is 5.69 Å². The molecule has 0 radical (unpaired) electrons. The molecule has 1 aromatic heterocycles. The van der Waals surface area contributed by atoms with E-state index < -0.39 is 0 Å². The molecule has 0 saturated carbocycles. The first-order valence-electron chi connectivity index (χ1n) is 3.49. The van der Waals surface area contributed by atoms with Gasteiger partial charge in [-0.1, -0.05) is 16.6 Å². The molecule has 0 atom stereocenters. The summed E-state index contributed by atoms with van der Waals surface area (Å²) < 4.78 is 3.78. The Labute approximate surface area is 74.0 Å². The van der Waals surface area contributed by atoms with E-state index in [0.717, 1.165) is 16.9 Å². The molecule has 0 aliphatic heterocycles. The molecule has 2 aromatic rings. The minimum Gasteiger partial charge on any atom is -0.399 e. The normalized spacial score (nSPS) is 10.0. The molecule has 12 heavy (non-hydrogen) atoms. The van der Waals surface area contributed by atoms with Gasteiger partial charge in [0.1, 0.15) is 5.69 Å². The number of nitrogens with two attached hydrogens (primary N) is 1. The van der Waals surface area contributed by atoms with Gasteiger partial charge in [0.15, 0.2) is 0 Å². The van der Waals surface area contributed by atoms with Gasteiger partial charge in [0.25, 0.3) is 0 Å². The van der Waals surface area contributed by atoms with Gasteiger partial charge in [0.05, 0.1) is 0 Å². The molecule has 0 unspecified atom stereocenters. The number of anilines is 1. The van der Waals surface area contributed by atoms with Crippen LogP contribution in [0, 0.1) is 0 Å². The zero-order chi connectivity index (χ0) is 8.39. The molecule has 0 fully saturated rings. The van der Waals surface area contributed by atoms with Gasteiger partial charge in [-0.15, -0.1) is 5.10 Å². The fourth-order valence-corrected chi connectivity index (χ4v) is 1.41. The van der Waals surface area contributed by atoms with E-state index in [-0.39, 0.29) is 0 Å². The lowest BCUT2D eigenvalue weighted by Crippen LogP contribution is -1.83. The van der Waals surface area contributed by atoms with Crippen LogP contribution in [0.25, 0.3) is 11.3 Å². The summed E-state index contributed by atoms with van der Waals surface area (Å²) in [7, 11) is 0. The van der Waals surface area contributed by atoms with E-state index in [0.29, 0.717) is 0 Å². The summed E-state index contributed by atoms with van der Waals surface area (Å²) in [5, 5.41) is 5.85. The van der Waals surface area contributed by atoms with Crippen LogP contribution < -0.4 is 5.73 Å². The van der Waals surface area contributed by atoms with Crippen molar-refractivity contribution >= 4 is 17.2 Å². The molecule has 0 spiro atoms. The molecular weight excluding hydrogens is 170 g/mol. The molecular formula is C8H7N3S. The number of benzene rings is 1. The second-order valence-electron chi connectivity index (χ2n) is 2.41. The molecule has 0 amide bonds. The largest absolute Gasteiger partial charge is 0.399 e. The summed E-state index contributed by atoms with van der Waals surface area (Å²) in [5.41, 5.74) is 8.27. The monoisotopic (exact) mass is 177 g/mol. The highest BCUT2D eigenvalue weighted by Gasteiger charge is 1.98. The maximum Gasteiger partial charge on any atom is 0.105 e. The minimum absolute atomic E-state index is 0.766. The van der Waals surface area contributed by atoms with Gasteiger partial charge in [0, 0.05) is 16.6 Å². The van der Waals surface area contributed by atoms with Crippen molar-refractivity contribution in [3.05, 3.63) is 29.6 Å². The van der Waals surface area contributed by atoms with Crippen molar-refractivity contribution < 1.29 is 0 Å². The van der Waals surface area contributed by atoms with E-state index in [4.69, 9.17) is 5.73 Å². The van der Waals surface area contributed by atoms with Crippen LogP contribution in [0.15, 0.2) is 29.6 Å². The molecule has 3 nitrogen and oxygen atoms in total. The summed E-state index contributed by atoms with van der Waals surface area (Å²) in [5.74, 6) is 0. The molecule has 0 aliphatic carbocycles. The summed E-state index contributed by atoms with van der Waals surface area (Å²) in [6.07, 6.45) is 0. The van der Waals surface area contributed by atoms with Gasteiger partial charge in [0.2, 0.25) is 0 Å². The molecule has 0 bridgehead atoms. The standard InChI is InChI=1S/C8H7N3S/c9-7-3-1-6(2-4-7)8-5-12-11-10-8/h1-5H,9H2. The third-order valence-electron chi connectivity index (χ3n) is 1.57. The first-order chi connectivity index (χ1) is 5.86. The average molecular weight is 177 g/mol. The first kappa shape index (κ1) is 7.24. The topological polar surface area (TPSA) is 51.8 Å². The van der Waals surface area contributed by atoms with Crippen LogP contribution in [0.5, 0.6) is 0 Å². The highest BCUT2D eigenvalue weighted by atomic mass is 32.1. The number of aromatic nitrogens is 2. The van der Waals surface area contributed by atoms with E-state index in [9.17, 15) is 0 Å². The van der Waals surface area contributed by atoms with E-state index in [1.54, 1.807) is 0 Å². The van der Waals surface area contributed by atoms with Crippen LogP contribution >= 0.6 is 11.5 Å². The van der Waals surface area contributed by atoms with E-state index in [1.165, 1.54) is 11.5 Å². The zero-order valence-electron chi connectivity index (χ0n) is 6.27. The van der Waals surface area contributed by atoms with Gasteiger partial charge in [-0.2, -0.15) is 0 Å². The van der Waals surface area contributed by atoms with E-state index in [1.807, 2.05) is 29.6 Å². The summed E-state index contributed by atoms with van der Waals surface area (Å²) in [4.78, 5) is 0. The van der Waals surface area contributed by atoms with Crippen molar-refractivity contribution in [1.82, 2.24) is 9.59 Å². The van der Waals surface area contributed by atoms with Crippen LogP contribution in [0.3, 0.4) is 0 Å².